The molecule has 2 aromatic rings. The van der Waals surface area contributed by atoms with Crippen molar-refractivity contribution in [3.63, 3.8) is 0 Å². The van der Waals surface area contributed by atoms with Crippen molar-refractivity contribution in [3.8, 4) is 11.4 Å². The lowest BCUT2D eigenvalue weighted by molar-refractivity contribution is 0.977. The van der Waals surface area contributed by atoms with Gasteiger partial charge in [0.2, 0.25) is 5.16 Å². The van der Waals surface area contributed by atoms with E-state index in [-0.39, 0.29) is 0 Å². The minimum atomic E-state index is 0.673. The molecule has 2 aromatic heterocycles. The molecule has 0 atom stereocenters. The van der Waals surface area contributed by atoms with Crippen molar-refractivity contribution >= 4 is 11.8 Å². The fourth-order valence-electron chi connectivity index (χ4n) is 1.01. The largest absolute Gasteiger partial charge is 0.265 e. The van der Waals surface area contributed by atoms with Crippen LogP contribution in [0.1, 0.15) is 0 Å². The topological polar surface area (TPSA) is 54.5 Å². The van der Waals surface area contributed by atoms with Crippen LogP contribution in [-0.4, -0.2) is 20.2 Å². The summed E-state index contributed by atoms with van der Waals surface area (Å²) in [5, 5.41) is 9.23. The third-order valence-corrected chi connectivity index (χ3v) is 2.17. The highest BCUT2D eigenvalue weighted by atomic mass is 32.2. The second-order valence-electron chi connectivity index (χ2n) is 2.49. The Hall–Kier alpha value is -1.62. The number of rotatable bonds is 3. The first-order chi connectivity index (χ1) is 6.90. The third kappa shape index (κ3) is 1.82. The lowest BCUT2D eigenvalue weighted by atomic mass is 10.3. The normalized spacial score (nSPS) is 10.0. The molecule has 0 fully saturated rings. The highest BCUT2D eigenvalue weighted by Gasteiger charge is 2.03. The summed E-state index contributed by atoms with van der Waals surface area (Å²) < 4.78 is 0. The molecule has 2 heterocycles. The average molecular weight is 204 g/mol. The number of aromatic amines is 1. The molecule has 5 heteroatoms. The molecule has 4 nitrogen and oxygen atoms in total. The van der Waals surface area contributed by atoms with Crippen LogP contribution in [0.2, 0.25) is 0 Å². The van der Waals surface area contributed by atoms with Crippen LogP contribution in [-0.2, 0) is 0 Å². The monoisotopic (exact) mass is 204 g/mol. The van der Waals surface area contributed by atoms with Crippen molar-refractivity contribution < 1.29 is 0 Å². The minimum Gasteiger partial charge on any atom is -0.265 e. The maximum Gasteiger partial charge on any atom is 0.212 e. The SMILES string of the molecule is C=CSc1n[nH]c(-c2ccncc2)n1. The standard InChI is InChI=1S/C9H8N4S/c1-2-14-9-11-8(12-13-9)7-3-5-10-6-4-7/h2-6H,1H2,(H,11,12,13). The molecule has 0 aliphatic carbocycles. The van der Waals surface area contributed by atoms with E-state index in [1.807, 2.05) is 12.1 Å². The fraction of sp³-hybridized carbons (Fsp3) is 0. The number of nitrogens with zero attached hydrogens (tertiary/aromatic N) is 3. The lowest BCUT2D eigenvalue weighted by Gasteiger charge is -1.91. The molecular formula is C9H8N4S. The first-order valence-corrected chi connectivity index (χ1v) is 4.88. The van der Waals surface area contributed by atoms with Crippen LogP contribution in [0.3, 0.4) is 0 Å². The third-order valence-electron chi connectivity index (χ3n) is 1.61. The van der Waals surface area contributed by atoms with Crippen LogP contribution in [0, 0.1) is 0 Å². The van der Waals surface area contributed by atoms with Crippen LogP contribution in [0.25, 0.3) is 11.4 Å². The Morgan fingerprint density at radius 1 is 1.36 bits per heavy atom. The van der Waals surface area contributed by atoms with E-state index >= 15 is 0 Å². The Kier molecular flexibility index (Phi) is 2.60. The van der Waals surface area contributed by atoms with Gasteiger partial charge in [-0.15, -0.1) is 5.10 Å². The number of aromatic nitrogens is 4. The van der Waals surface area contributed by atoms with Gasteiger partial charge in [-0.3, -0.25) is 10.1 Å². The molecule has 14 heavy (non-hydrogen) atoms. The van der Waals surface area contributed by atoms with E-state index in [4.69, 9.17) is 0 Å². The van der Waals surface area contributed by atoms with Crippen molar-refractivity contribution in [2.75, 3.05) is 0 Å². The number of nitrogens with one attached hydrogen (secondary N) is 1. The highest BCUT2D eigenvalue weighted by molar-refractivity contribution is 8.01. The maximum atomic E-state index is 4.27. The first-order valence-electron chi connectivity index (χ1n) is 4.00. The summed E-state index contributed by atoms with van der Waals surface area (Å²) in [6, 6.07) is 3.76. The molecule has 0 unspecified atom stereocenters. The summed E-state index contributed by atoms with van der Waals surface area (Å²) >= 11 is 1.39. The number of hydrogen-bond donors (Lipinski definition) is 1. The molecule has 1 N–H and O–H groups in total. The fourth-order valence-corrected chi connectivity index (χ4v) is 1.40. The Morgan fingerprint density at radius 2 is 2.14 bits per heavy atom. The second-order valence-corrected chi connectivity index (χ2v) is 3.42. The van der Waals surface area contributed by atoms with E-state index in [9.17, 15) is 0 Å². The van der Waals surface area contributed by atoms with E-state index in [0.717, 1.165) is 11.4 Å². The molecule has 0 bridgehead atoms. The number of H-pyrrole nitrogens is 1. The summed E-state index contributed by atoms with van der Waals surface area (Å²) in [7, 11) is 0. The van der Waals surface area contributed by atoms with E-state index in [1.54, 1.807) is 17.8 Å². The van der Waals surface area contributed by atoms with E-state index in [0.29, 0.717) is 5.16 Å². The number of pyridine rings is 1. The van der Waals surface area contributed by atoms with Gasteiger partial charge in [-0.2, -0.15) is 0 Å². The molecule has 2 rings (SSSR count). The van der Waals surface area contributed by atoms with Gasteiger partial charge in [0.25, 0.3) is 0 Å². The highest BCUT2D eigenvalue weighted by Crippen LogP contribution is 2.18. The molecule has 0 amide bonds. The molecule has 0 saturated heterocycles. The zero-order chi connectivity index (χ0) is 9.80. The van der Waals surface area contributed by atoms with E-state index in [2.05, 4.69) is 26.7 Å². The van der Waals surface area contributed by atoms with Crippen molar-refractivity contribution in [2.45, 2.75) is 5.16 Å². The van der Waals surface area contributed by atoms with E-state index in [1.165, 1.54) is 11.8 Å². The predicted molar refractivity (Wildman–Crippen MR) is 55.7 cm³/mol. The van der Waals surface area contributed by atoms with Crippen LogP contribution in [0.5, 0.6) is 0 Å². The molecule has 0 spiro atoms. The zero-order valence-corrected chi connectivity index (χ0v) is 8.16. The summed E-state index contributed by atoms with van der Waals surface area (Å²) in [6.07, 6.45) is 3.44. The zero-order valence-electron chi connectivity index (χ0n) is 7.34. The molecular weight excluding hydrogens is 196 g/mol. The molecule has 0 aliphatic heterocycles. The molecule has 0 aliphatic rings. The van der Waals surface area contributed by atoms with Gasteiger partial charge in [-0.25, -0.2) is 4.98 Å². The summed E-state index contributed by atoms with van der Waals surface area (Å²) in [5.74, 6) is 0.747. The van der Waals surface area contributed by atoms with Gasteiger partial charge in [0.05, 0.1) is 0 Å². The maximum absolute atomic E-state index is 4.27. The van der Waals surface area contributed by atoms with Crippen LogP contribution < -0.4 is 0 Å². The van der Waals surface area contributed by atoms with Gasteiger partial charge in [-0.05, 0) is 17.5 Å². The quantitative estimate of drug-likeness (QED) is 0.778. The van der Waals surface area contributed by atoms with Gasteiger partial charge in [-0.1, -0.05) is 18.3 Å². The summed E-state index contributed by atoms with van der Waals surface area (Å²) in [4.78, 5) is 8.20. The molecule has 0 radical (unpaired) electrons. The Balaban J connectivity index is 2.29. The Bertz CT molecular complexity index is 423. The van der Waals surface area contributed by atoms with Crippen molar-refractivity contribution in [2.24, 2.45) is 0 Å². The van der Waals surface area contributed by atoms with Crippen molar-refractivity contribution in [3.05, 3.63) is 36.5 Å². The summed E-state index contributed by atoms with van der Waals surface area (Å²) in [5.41, 5.74) is 0.975. The van der Waals surface area contributed by atoms with Gasteiger partial charge in [0.15, 0.2) is 5.82 Å². The Labute approximate surface area is 85.5 Å². The number of hydrogen-bond acceptors (Lipinski definition) is 4. The molecule has 0 saturated carbocycles. The van der Waals surface area contributed by atoms with E-state index < -0.39 is 0 Å². The van der Waals surface area contributed by atoms with Gasteiger partial charge in [0, 0.05) is 18.0 Å². The van der Waals surface area contributed by atoms with Crippen molar-refractivity contribution in [1.29, 1.82) is 0 Å². The lowest BCUT2D eigenvalue weighted by Crippen LogP contribution is -1.80. The van der Waals surface area contributed by atoms with Crippen molar-refractivity contribution in [1.82, 2.24) is 20.2 Å². The second kappa shape index (κ2) is 4.06. The molecule has 0 aromatic carbocycles. The van der Waals surface area contributed by atoms with Gasteiger partial charge >= 0.3 is 0 Å². The van der Waals surface area contributed by atoms with Crippen LogP contribution in [0.15, 0.2) is 41.7 Å². The smallest absolute Gasteiger partial charge is 0.212 e. The van der Waals surface area contributed by atoms with Crippen LogP contribution >= 0.6 is 11.8 Å². The summed E-state index contributed by atoms with van der Waals surface area (Å²) in [6.45, 7) is 3.60. The van der Waals surface area contributed by atoms with Crippen LogP contribution in [0.4, 0.5) is 0 Å². The first kappa shape index (κ1) is 8.96. The average Bonchev–Trinajstić information content (AvgIpc) is 2.68. The molecule has 70 valence electrons. The number of thioether (sulfide) groups is 1. The van der Waals surface area contributed by atoms with Gasteiger partial charge < -0.3 is 0 Å². The predicted octanol–water partition coefficient (Wildman–Crippen LogP) is 2.10. The van der Waals surface area contributed by atoms with Gasteiger partial charge in [0.1, 0.15) is 0 Å². The Morgan fingerprint density at radius 3 is 2.86 bits per heavy atom. The minimum absolute atomic E-state index is 0.673.